The van der Waals surface area contributed by atoms with Crippen LogP contribution in [0.3, 0.4) is 0 Å². The number of carbonyl (C=O) groups excluding carboxylic acids is 3. The number of Topliss-reactive ketones (excluding diaryl/α,β-unsaturated/α-hetero) is 1. The van der Waals surface area contributed by atoms with Crippen molar-refractivity contribution in [1.29, 1.82) is 0 Å². The molecule has 2 aromatic rings. The number of benzene rings is 1. The summed E-state index contributed by atoms with van der Waals surface area (Å²) in [5.41, 5.74) is 1.85. The standard InChI is InChI=1S/C20H22N2O4/c1-11-16-14(23)9-20(2,3)10-15(16)26-17(11)19(25)22-13-7-5-6-12(8-13)18(24)21-4/h5-8H,9-10H2,1-4H3,(H,21,24)(H,22,25). The molecule has 0 bridgehead atoms. The van der Waals surface area contributed by atoms with E-state index in [1.807, 2.05) is 13.8 Å². The fraction of sp³-hybridized carbons (Fsp3) is 0.350. The quantitative estimate of drug-likeness (QED) is 0.885. The molecule has 1 aliphatic carbocycles. The van der Waals surface area contributed by atoms with E-state index in [2.05, 4.69) is 10.6 Å². The molecule has 0 atom stereocenters. The third kappa shape index (κ3) is 3.27. The molecule has 3 rings (SSSR count). The van der Waals surface area contributed by atoms with E-state index in [-0.39, 0.29) is 22.9 Å². The molecule has 0 unspecified atom stereocenters. The molecule has 0 radical (unpaired) electrons. The first-order valence-electron chi connectivity index (χ1n) is 8.51. The van der Waals surface area contributed by atoms with Crippen molar-refractivity contribution in [1.82, 2.24) is 5.32 Å². The summed E-state index contributed by atoms with van der Waals surface area (Å²) in [5.74, 6) is 0.0627. The monoisotopic (exact) mass is 354 g/mol. The number of anilines is 1. The van der Waals surface area contributed by atoms with Crippen LogP contribution >= 0.6 is 0 Å². The van der Waals surface area contributed by atoms with E-state index < -0.39 is 5.91 Å². The summed E-state index contributed by atoms with van der Waals surface area (Å²) in [5, 5.41) is 5.28. The van der Waals surface area contributed by atoms with Gasteiger partial charge in [-0.1, -0.05) is 19.9 Å². The van der Waals surface area contributed by atoms with Gasteiger partial charge in [0.05, 0.1) is 5.56 Å². The minimum Gasteiger partial charge on any atom is -0.455 e. The normalized spacial score (nSPS) is 15.3. The summed E-state index contributed by atoms with van der Waals surface area (Å²) < 4.78 is 5.76. The van der Waals surface area contributed by atoms with Crippen LogP contribution in [0, 0.1) is 12.3 Å². The van der Waals surface area contributed by atoms with Gasteiger partial charge in [-0.25, -0.2) is 0 Å². The zero-order valence-electron chi connectivity index (χ0n) is 15.4. The first-order chi connectivity index (χ1) is 12.2. The Kier molecular flexibility index (Phi) is 4.44. The predicted molar refractivity (Wildman–Crippen MR) is 97.7 cm³/mol. The Morgan fingerprint density at radius 2 is 1.88 bits per heavy atom. The molecule has 1 aromatic carbocycles. The van der Waals surface area contributed by atoms with Crippen LogP contribution < -0.4 is 10.6 Å². The highest BCUT2D eigenvalue weighted by Gasteiger charge is 2.37. The Bertz CT molecular complexity index is 909. The van der Waals surface area contributed by atoms with Crippen molar-refractivity contribution in [3.8, 4) is 0 Å². The largest absolute Gasteiger partial charge is 0.455 e. The van der Waals surface area contributed by atoms with Crippen molar-refractivity contribution in [3.05, 3.63) is 52.5 Å². The van der Waals surface area contributed by atoms with Crippen molar-refractivity contribution in [2.75, 3.05) is 12.4 Å². The van der Waals surface area contributed by atoms with E-state index in [0.29, 0.717) is 41.0 Å². The maximum Gasteiger partial charge on any atom is 0.291 e. The van der Waals surface area contributed by atoms with Crippen molar-refractivity contribution in [3.63, 3.8) is 0 Å². The van der Waals surface area contributed by atoms with Gasteiger partial charge in [0.2, 0.25) is 0 Å². The molecule has 6 heteroatoms. The Hall–Kier alpha value is -2.89. The summed E-state index contributed by atoms with van der Waals surface area (Å²) in [7, 11) is 1.54. The van der Waals surface area contributed by atoms with Crippen LogP contribution in [0.15, 0.2) is 28.7 Å². The van der Waals surface area contributed by atoms with Gasteiger partial charge in [-0.15, -0.1) is 0 Å². The Morgan fingerprint density at radius 3 is 2.58 bits per heavy atom. The van der Waals surface area contributed by atoms with Crippen LogP contribution in [-0.2, 0) is 6.42 Å². The highest BCUT2D eigenvalue weighted by Crippen LogP contribution is 2.38. The van der Waals surface area contributed by atoms with Crippen molar-refractivity contribution >= 4 is 23.3 Å². The average molecular weight is 354 g/mol. The van der Waals surface area contributed by atoms with Crippen LogP contribution in [-0.4, -0.2) is 24.6 Å². The fourth-order valence-corrected chi connectivity index (χ4v) is 3.37. The van der Waals surface area contributed by atoms with Gasteiger partial charge in [-0.2, -0.15) is 0 Å². The number of fused-ring (bicyclic) bond motifs is 1. The lowest BCUT2D eigenvalue weighted by atomic mass is 9.76. The minimum atomic E-state index is -0.434. The van der Waals surface area contributed by atoms with Gasteiger partial charge < -0.3 is 15.1 Å². The average Bonchev–Trinajstić information content (AvgIpc) is 2.89. The van der Waals surface area contributed by atoms with Gasteiger partial charge in [0, 0.05) is 36.7 Å². The second kappa shape index (κ2) is 6.44. The molecule has 2 N–H and O–H groups in total. The van der Waals surface area contributed by atoms with Crippen molar-refractivity contribution in [2.45, 2.75) is 33.6 Å². The van der Waals surface area contributed by atoms with Crippen LogP contribution in [0.4, 0.5) is 5.69 Å². The third-order valence-electron chi connectivity index (χ3n) is 4.59. The minimum absolute atomic E-state index is 0.0122. The number of ketones is 1. The van der Waals surface area contributed by atoms with Crippen molar-refractivity contribution < 1.29 is 18.8 Å². The van der Waals surface area contributed by atoms with Gasteiger partial charge in [0.1, 0.15) is 5.76 Å². The molecule has 2 amide bonds. The molecule has 1 aliphatic rings. The Labute approximate surface area is 152 Å². The lowest BCUT2D eigenvalue weighted by molar-refractivity contribution is 0.0898. The van der Waals surface area contributed by atoms with E-state index >= 15 is 0 Å². The molecule has 1 aromatic heterocycles. The maximum absolute atomic E-state index is 12.7. The first-order valence-corrected chi connectivity index (χ1v) is 8.51. The summed E-state index contributed by atoms with van der Waals surface area (Å²) in [6.45, 7) is 5.75. The molecule has 0 fully saturated rings. The summed E-state index contributed by atoms with van der Waals surface area (Å²) in [4.78, 5) is 36.8. The number of amides is 2. The van der Waals surface area contributed by atoms with E-state index in [1.165, 1.54) is 0 Å². The number of carbonyl (C=O) groups is 3. The molecular weight excluding hydrogens is 332 g/mol. The number of rotatable bonds is 3. The Balaban J connectivity index is 1.88. The lowest BCUT2D eigenvalue weighted by Crippen LogP contribution is -2.26. The predicted octanol–water partition coefficient (Wildman–Crippen LogP) is 3.36. The molecule has 136 valence electrons. The second-order valence-corrected chi connectivity index (χ2v) is 7.41. The molecular formula is C20H22N2O4. The van der Waals surface area contributed by atoms with E-state index in [0.717, 1.165) is 0 Å². The number of hydrogen-bond donors (Lipinski definition) is 2. The van der Waals surface area contributed by atoms with Gasteiger partial charge >= 0.3 is 0 Å². The third-order valence-corrected chi connectivity index (χ3v) is 4.59. The lowest BCUT2D eigenvalue weighted by Gasteiger charge is -2.27. The van der Waals surface area contributed by atoms with E-state index in [4.69, 9.17) is 4.42 Å². The highest BCUT2D eigenvalue weighted by atomic mass is 16.4. The molecule has 0 aliphatic heterocycles. The Morgan fingerprint density at radius 1 is 1.15 bits per heavy atom. The number of nitrogens with one attached hydrogen (secondary N) is 2. The topological polar surface area (TPSA) is 88.4 Å². The summed E-state index contributed by atoms with van der Waals surface area (Å²) in [6.07, 6.45) is 1.06. The van der Waals surface area contributed by atoms with E-state index in [1.54, 1.807) is 38.2 Å². The summed E-state index contributed by atoms with van der Waals surface area (Å²) >= 11 is 0. The maximum atomic E-state index is 12.7. The van der Waals surface area contributed by atoms with Crippen LogP contribution in [0.5, 0.6) is 0 Å². The fourth-order valence-electron chi connectivity index (χ4n) is 3.37. The zero-order chi connectivity index (χ0) is 19.1. The van der Waals surface area contributed by atoms with Gasteiger partial charge in [0.25, 0.3) is 11.8 Å². The van der Waals surface area contributed by atoms with Gasteiger partial charge in [-0.3, -0.25) is 14.4 Å². The highest BCUT2D eigenvalue weighted by molar-refractivity contribution is 6.08. The SMILES string of the molecule is CNC(=O)c1cccc(NC(=O)c2oc3c(c2C)C(=O)CC(C)(C)C3)c1. The molecule has 1 heterocycles. The number of furan rings is 1. The smallest absolute Gasteiger partial charge is 0.291 e. The molecule has 26 heavy (non-hydrogen) atoms. The zero-order valence-corrected chi connectivity index (χ0v) is 15.4. The molecule has 6 nitrogen and oxygen atoms in total. The first kappa shape index (κ1) is 17.9. The molecule has 0 spiro atoms. The molecule has 0 saturated heterocycles. The second-order valence-electron chi connectivity index (χ2n) is 7.41. The van der Waals surface area contributed by atoms with E-state index in [9.17, 15) is 14.4 Å². The van der Waals surface area contributed by atoms with Crippen LogP contribution in [0.2, 0.25) is 0 Å². The summed E-state index contributed by atoms with van der Waals surface area (Å²) in [6, 6.07) is 6.62. The molecule has 0 saturated carbocycles. The number of hydrogen-bond acceptors (Lipinski definition) is 4. The van der Waals surface area contributed by atoms with Crippen molar-refractivity contribution in [2.24, 2.45) is 5.41 Å². The van der Waals surface area contributed by atoms with Gasteiger partial charge in [-0.05, 0) is 30.5 Å². The van der Waals surface area contributed by atoms with Crippen LogP contribution in [0.1, 0.15) is 62.9 Å². The van der Waals surface area contributed by atoms with Gasteiger partial charge in [0.15, 0.2) is 11.5 Å². The van der Waals surface area contributed by atoms with Crippen LogP contribution in [0.25, 0.3) is 0 Å².